The van der Waals surface area contributed by atoms with Crippen LogP contribution in [-0.4, -0.2) is 51.1 Å². The molecule has 2 atom stereocenters. The van der Waals surface area contributed by atoms with Crippen molar-refractivity contribution < 1.29 is 19.2 Å². The van der Waals surface area contributed by atoms with E-state index in [1.807, 2.05) is 32.9 Å². The number of likely N-dealkylation sites (N-methyl/N-ethyl adjacent to an activating group) is 1. The van der Waals surface area contributed by atoms with E-state index in [1.54, 1.807) is 24.3 Å². The molecule has 0 fully saturated rings. The zero-order valence-corrected chi connectivity index (χ0v) is 22.0. The van der Waals surface area contributed by atoms with Gasteiger partial charge in [0.25, 0.3) is 5.91 Å². The summed E-state index contributed by atoms with van der Waals surface area (Å²) in [4.78, 5) is 32.3. The van der Waals surface area contributed by atoms with E-state index >= 15 is 0 Å². The molecule has 7 heteroatoms. The van der Waals surface area contributed by atoms with Gasteiger partial charge in [-0.3, -0.25) is 4.79 Å². The Morgan fingerprint density at radius 2 is 1.84 bits per heavy atom. The van der Waals surface area contributed by atoms with Gasteiger partial charge >= 0.3 is 6.09 Å². The first-order chi connectivity index (χ1) is 17.6. The Labute approximate surface area is 218 Å². The molecular formula is C30H35N4O3+. The molecule has 1 aliphatic carbocycles. The molecular weight excluding hydrogens is 464 g/mol. The molecule has 2 N–H and O–H groups in total. The fraction of sp³-hybridized carbons (Fsp3) is 0.367. The van der Waals surface area contributed by atoms with Crippen molar-refractivity contribution in [2.24, 2.45) is 5.41 Å². The van der Waals surface area contributed by atoms with Crippen molar-refractivity contribution in [2.75, 3.05) is 18.9 Å². The van der Waals surface area contributed by atoms with Crippen LogP contribution >= 0.6 is 0 Å². The number of carbonyl (C=O) groups is 2. The van der Waals surface area contributed by atoms with E-state index in [9.17, 15) is 14.7 Å². The van der Waals surface area contributed by atoms with Crippen LogP contribution < -0.4 is 5.32 Å². The third-order valence-corrected chi connectivity index (χ3v) is 7.93. The Hall–Kier alpha value is -3.71. The van der Waals surface area contributed by atoms with E-state index in [2.05, 4.69) is 40.6 Å². The number of amides is 2. The Morgan fingerprint density at radius 3 is 2.57 bits per heavy atom. The maximum Gasteiger partial charge on any atom is 0.518 e. The predicted molar refractivity (Wildman–Crippen MR) is 145 cm³/mol. The number of pyridine rings is 1. The molecule has 0 saturated heterocycles. The van der Waals surface area contributed by atoms with Crippen LogP contribution in [0.1, 0.15) is 43.0 Å². The number of carboxylic acid groups (broad SMARTS) is 1. The van der Waals surface area contributed by atoms with Crippen LogP contribution in [0.4, 0.5) is 10.6 Å². The monoisotopic (exact) mass is 499 g/mol. The lowest BCUT2D eigenvalue weighted by molar-refractivity contribution is -0.852. The zero-order valence-electron chi connectivity index (χ0n) is 22.0. The molecule has 2 aromatic carbocycles. The zero-order chi connectivity index (χ0) is 26.4. The second kappa shape index (κ2) is 9.30. The lowest BCUT2D eigenvalue weighted by Gasteiger charge is -2.41. The van der Waals surface area contributed by atoms with Gasteiger partial charge in [-0.15, -0.1) is 0 Å². The molecule has 192 valence electrons. The molecule has 1 aromatic heterocycles. The molecule has 0 radical (unpaired) electrons. The van der Waals surface area contributed by atoms with Crippen molar-refractivity contribution in [3.05, 3.63) is 83.2 Å². The molecule has 1 aliphatic heterocycles. The number of hydrogen-bond acceptors (Lipinski definition) is 4. The van der Waals surface area contributed by atoms with Crippen LogP contribution in [0.2, 0.25) is 0 Å². The number of hydrogen-bond donors (Lipinski definition) is 2. The van der Waals surface area contributed by atoms with Crippen LogP contribution in [0.3, 0.4) is 0 Å². The van der Waals surface area contributed by atoms with Crippen LogP contribution in [0.25, 0.3) is 10.8 Å². The minimum atomic E-state index is -0.988. The highest BCUT2D eigenvalue weighted by Crippen LogP contribution is 2.37. The lowest BCUT2D eigenvalue weighted by Crippen LogP contribution is -2.60. The molecule has 2 amide bonds. The van der Waals surface area contributed by atoms with Gasteiger partial charge in [0.1, 0.15) is 24.6 Å². The first kappa shape index (κ1) is 25.0. The van der Waals surface area contributed by atoms with Crippen LogP contribution in [0, 0.1) is 5.41 Å². The van der Waals surface area contributed by atoms with Gasteiger partial charge in [-0.2, -0.15) is 9.28 Å². The Morgan fingerprint density at radius 1 is 1.11 bits per heavy atom. The standard InChI is InChI=1S/C30H34N4O3/c1-30(2,3)25-17-32-28-23(8-6-15-31-28)19-34(25,29(36)37)16-14-26(35)33(4)18-22-13-12-21-11-10-20-7-5-9-24(22)27(20)21/h5-9,12-16,25H,10-11,17-19H2,1-4H3,(H-,31,32,36,37)/p+1/b16-14+. The number of aryl methyl sites for hydroxylation is 2. The minimum Gasteiger partial charge on any atom is -0.435 e. The van der Waals surface area contributed by atoms with Gasteiger partial charge < -0.3 is 15.3 Å². The van der Waals surface area contributed by atoms with E-state index in [-0.39, 0.29) is 28.4 Å². The number of nitrogens with zero attached hydrogens (tertiary/aromatic N) is 3. The average molecular weight is 500 g/mol. The SMILES string of the molecule is CN(Cc1ccc2c3c(cccc13)CC2)C(=O)/C=C/[N+]1(C(=O)O)Cc2cccnc2NCC1C(C)(C)C. The Kier molecular flexibility index (Phi) is 6.28. The quantitative estimate of drug-likeness (QED) is 0.374. The minimum absolute atomic E-state index is 0.204. The molecule has 0 spiro atoms. The normalized spacial score (nSPS) is 20.9. The Balaban J connectivity index is 1.45. The van der Waals surface area contributed by atoms with Gasteiger partial charge in [0.05, 0.1) is 12.6 Å². The summed E-state index contributed by atoms with van der Waals surface area (Å²) in [6, 6.07) is 14.1. The van der Waals surface area contributed by atoms with E-state index in [0.717, 1.165) is 24.0 Å². The second-order valence-corrected chi connectivity index (χ2v) is 11.4. The molecule has 3 aromatic rings. The van der Waals surface area contributed by atoms with Crippen molar-refractivity contribution in [3.63, 3.8) is 0 Å². The summed E-state index contributed by atoms with van der Waals surface area (Å²) < 4.78 is -0.379. The van der Waals surface area contributed by atoms with Gasteiger partial charge in [0.2, 0.25) is 0 Å². The third-order valence-electron chi connectivity index (χ3n) is 7.93. The number of carbonyl (C=O) groups excluding carboxylic acids is 1. The topological polar surface area (TPSA) is 82.5 Å². The highest BCUT2D eigenvalue weighted by molar-refractivity contribution is 5.94. The molecule has 2 unspecified atom stereocenters. The number of fused-ring (bicyclic) bond motifs is 1. The van der Waals surface area contributed by atoms with Gasteiger partial charge in [-0.25, -0.2) is 4.98 Å². The molecule has 5 rings (SSSR count). The summed E-state index contributed by atoms with van der Waals surface area (Å²) in [6.45, 7) is 7.19. The summed E-state index contributed by atoms with van der Waals surface area (Å²) in [7, 11) is 1.77. The highest BCUT2D eigenvalue weighted by atomic mass is 16.4. The second-order valence-electron chi connectivity index (χ2n) is 11.4. The smallest absolute Gasteiger partial charge is 0.435 e. The fourth-order valence-corrected chi connectivity index (χ4v) is 5.99. The lowest BCUT2D eigenvalue weighted by atomic mass is 9.84. The van der Waals surface area contributed by atoms with E-state index < -0.39 is 6.09 Å². The van der Waals surface area contributed by atoms with Gasteiger partial charge in [0.15, 0.2) is 0 Å². The average Bonchev–Trinajstić information content (AvgIpc) is 3.19. The van der Waals surface area contributed by atoms with Gasteiger partial charge in [-0.1, -0.05) is 51.1 Å². The number of quaternary nitrogens is 1. The van der Waals surface area contributed by atoms with E-state index in [0.29, 0.717) is 18.9 Å². The van der Waals surface area contributed by atoms with Crippen LogP contribution in [0.15, 0.2) is 60.9 Å². The predicted octanol–water partition coefficient (Wildman–Crippen LogP) is 5.34. The number of anilines is 1. The number of aromatic nitrogens is 1. The number of benzene rings is 2. The van der Waals surface area contributed by atoms with Gasteiger partial charge in [-0.05, 0) is 52.4 Å². The first-order valence-corrected chi connectivity index (χ1v) is 12.9. The summed E-state index contributed by atoms with van der Waals surface area (Å²) in [6.07, 6.45) is 5.85. The van der Waals surface area contributed by atoms with E-state index in [4.69, 9.17) is 0 Å². The summed E-state index contributed by atoms with van der Waals surface area (Å²) in [5.41, 5.74) is 4.30. The van der Waals surface area contributed by atoms with Crippen LogP contribution in [0.5, 0.6) is 0 Å². The molecule has 7 nitrogen and oxygen atoms in total. The molecule has 2 heterocycles. The van der Waals surface area contributed by atoms with Crippen molar-refractivity contribution in [1.29, 1.82) is 0 Å². The summed E-state index contributed by atoms with van der Waals surface area (Å²) in [5, 5.41) is 16.4. The summed E-state index contributed by atoms with van der Waals surface area (Å²) >= 11 is 0. The third kappa shape index (κ3) is 4.48. The first-order valence-electron chi connectivity index (χ1n) is 12.9. The van der Waals surface area contributed by atoms with Crippen LogP contribution in [-0.2, 0) is 30.7 Å². The molecule has 0 bridgehead atoms. The van der Waals surface area contributed by atoms with E-state index in [1.165, 1.54) is 28.0 Å². The molecule has 37 heavy (non-hydrogen) atoms. The van der Waals surface area contributed by atoms with Crippen molar-refractivity contribution in [2.45, 2.75) is 52.7 Å². The van der Waals surface area contributed by atoms with Crippen molar-refractivity contribution in [3.8, 4) is 0 Å². The largest absolute Gasteiger partial charge is 0.518 e. The fourth-order valence-electron chi connectivity index (χ4n) is 5.99. The highest BCUT2D eigenvalue weighted by Gasteiger charge is 2.51. The summed E-state index contributed by atoms with van der Waals surface area (Å²) in [5.74, 6) is 0.472. The molecule has 0 saturated carbocycles. The maximum absolute atomic E-state index is 13.3. The van der Waals surface area contributed by atoms with Gasteiger partial charge in [0, 0.05) is 30.8 Å². The number of nitrogens with one attached hydrogen (secondary N) is 1. The van der Waals surface area contributed by atoms with Crippen molar-refractivity contribution >= 4 is 28.6 Å². The Bertz CT molecular complexity index is 1400. The maximum atomic E-state index is 13.3. The molecule has 2 aliphatic rings. The number of rotatable bonds is 4. The van der Waals surface area contributed by atoms with Crippen molar-refractivity contribution in [1.82, 2.24) is 9.88 Å².